The van der Waals surface area contributed by atoms with E-state index in [9.17, 15) is 13.2 Å². The molecule has 0 saturated carbocycles. The highest BCUT2D eigenvalue weighted by atomic mass is 32.2. The van der Waals surface area contributed by atoms with Gasteiger partial charge in [0.15, 0.2) is 0 Å². The van der Waals surface area contributed by atoms with Crippen LogP contribution >= 0.6 is 0 Å². The Morgan fingerprint density at radius 3 is 2.70 bits per heavy atom. The molecule has 7 nitrogen and oxygen atoms in total. The van der Waals surface area contributed by atoms with Crippen LogP contribution in [0.4, 0.5) is 5.69 Å². The number of amides is 1. The van der Waals surface area contributed by atoms with Crippen molar-refractivity contribution < 1.29 is 22.7 Å². The molecule has 1 fully saturated rings. The largest absolute Gasteiger partial charge is 0.494 e. The Balaban J connectivity index is 1.80. The van der Waals surface area contributed by atoms with Crippen LogP contribution in [0.2, 0.25) is 0 Å². The van der Waals surface area contributed by atoms with E-state index in [4.69, 9.17) is 9.47 Å². The average molecular weight is 342 g/mol. The van der Waals surface area contributed by atoms with E-state index in [1.165, 1.54) is 0 Å². The molecule has 0 bridgehead atoms. The summed E-state index contributed by atoms with van der Waals surface area (Å²) in [7, 11) is -3.67. The summed E-state index contributed by atoms with van der Waals surface area (Å²) in [6.07, 6.45) is 1.67. The predicted octanol–water partition coefficient (Wildman–Crippen LogP) is 1.12. The van der Waals surface area contributed by atoms with Crippen molar-refractivity contribution in [2.24, 2.45) is 0 Å². The number of ether oxygens (including phenoxy) is 2. The molecule has 1 aliphatic heterocycles. The second kappa shape index (κ2) is 8.28. The summed E-state index contributed by atoms with van der Waals surface area (Å²) >= 11 is 0. The van der Waals surface area contributed by atoms with Crippen molar-refractivity contribution in [3.8, 4) is 5.75 Å². The first kappa shape index (κ1) is 17.7. The molecule has 1 aromatic carbocycles. The van der Waals surface area contributed by atoms with Crippen molar-refractivity contribution in [3.05, 3.63) is 24.3 Å². The molecule has 0 aromatic heterocycles. The molecule has 0 aliphatic carbocycles. The fourth-order valence-electron chi connectivity index (χ4n) is 2.25. The molecule has 1 aromatic rings. The normalized spacial score (nSPS) is 17.9. The van der Waals surface area contributed by atoms with Gasteiger partial charge in [0.2, 0.25) is 15.9 Å². The maximum absolute atomic E-state index is 11.9. The van der Waals surface area contributed by atoms with E-state index in [1.807, 2.05) is 6.92 Å². The molecule has 1 atom stereocenters. The van der Waals surface area contributed by atoms with Gasteiger partial charge in [0.25, 0.3) is 0 Å². The maximum Gasteiger partial charge on any atom is 0.240 e. The summed E-state index contributed by atoms with van der Waals surface area (Å²) in [5.41, 5.74) is 0.521. The molecule has 1 saturated heterocycles. The summed E-state index contributed by atoms with van der Waals surface area (Å²) in [4.78, 5) is 11.8. The summed E-state index contributed by atoms with van der Waals surface area (Å²) in [5, 5.41) is 2.55. The third-order valence-corrected chi connectivity index (χ3v) is 4.57. The van der Waals surface area contributed by atoms with Crippen LogP contribution in [-0.4, -0.2) is 45.9 Å². The van der Waals surface area contributed by atoms with Gasteiger partial charge in [0.05, 0.1) is 12.7 Å². The fourth-order valence-corrected chi connectivity index (χ4v) is 3.21. The van der Waals surface area contributed by atoms with Gasteiger partial charge < -0.3 is 14.8 Å². The topological polar surface area (TPSA) is 93.7 Å². The molecule has 2 N–H and O–H groups in total. The zero-order valence-corrected chi connectivity index (χ0v) is 13.9. The molecular formula is C15H22N2O5S. The highest BCUT2D eigenvalue weighted by molar-refractivity contribution is 7.90. The number of sulfonamides is 1. The molecule has 8 heteroatoms. The van der Waals surface area contributed by atoms with E-state index < -0.39 is 21.7 Å². The van der Waals surface area contributed by atoms with E-state index in [0.717, 1.165) is 12.8 Å². The molecule has 23 heavy (non-hydrogen) atoms. The lowest BCUT2D eigenvalue weighted by Gasteiger charge is -2.11. The van der Waals surface area contributed by atoms with Crippen molar-refractivity contribution in [2.75, 3.05) is 30.8 Å². The van der Waals surface area contributed by atoms with Crippen LogP contribution in [0.25, 0.3) is 0 Å². The average Bonchev–Trinajstić information content (AvgIpc) is 3.00. The monoisotopic (exact) mass is 342 g/mol. The van der Waals surface area contributed by atoms with Gasteiger partial charge in [-0.25, -0.2) is 13.1 Å². The van der Waals surface area contributed by atoms with Crippen LogP contribution in [0, 0.1) is 0 Å². The zero-order chi connectivity index (χ0) is 16.7. The molecule has 1 amide bonds. The van der Waals surface area contributed by atoms with Crippen LogP contribution in [0.5, 0.6) is 5.75 Å². The number of nitrogens with one attached hydrogen (secondary N) is 2. The van der Waals surface area contributed by atoms with E-state index in [1.54, 1.807) is 24.3 Å². The quantitative estimate of drug-likeness (QED) is 0.738. The lowest BCUT2D eigenvalue weighted by atomic mass is 10.2. The molecule has 128 valence electrons. The highest BCUT2D eigenvalue weighted by Gasteiger charge is 2.21. The first-order valence-electron chi connectivity index (χ1n) is 7.60. The van der Waals surface area contributed by atoms with Crippen molar-refractivity contribution in [3.63, 3.8) is 0 Å². The number of hydrogen-bond donors (Lipinski definition) is 2. The number of rotatable bonds is 8. The van der Waals surface area contributed by atoms with Crippen LogP contribution in [0.1, 0.15) is 19.8 Å². The number of hydrogen-bond acceptors (Lipinski definition) is 5. The minimum atomic E-state index is -3.67. The number of benzene rings is 1. The van der Waals surface area contributed by atoms with Crippen molar-refractivity contribution in [2.45, 2.75) is 25.9 Å². The lowest BCUT2D eigenvalue weighted by molar-refractivity contribution is -0.113. The summed E-state index contributed by atoms with van der Waals surface area (Å²) in [6.45, 7) is 3.30. The Morgan fingerprint density at radius 1 is 1.35 bits per heavy atom. The highest BCUT2D eigenvalue weighted by Crippen LogP contribution is 2.15. The molecule has 1 heterocycles. The van der Waals surface area contributed by atoms with Gasteiger partial charge in [-0.1, -0.05) is 0 Å². The third kappa shape index (κ3) is 6.17. The van der Waals surface area contributed by atoms with Gasteiger partial charge in [0, 0.05) is 18.8 Å². The Kier molecular flexibility index (Phi) is 6.37. The minimum absolute atomic E-state index is 0.0982. The summed E-state index contributed by atoms with van der Waals surface area (Å²) < 4.78 is 36.8. The molecular weight excluding hydrogens is 320 g/mol. The number of carbonyl (C=O) groups is 1. The molecule has 1 aliphatic rings. The molecule has 2 rings (SSSR count). The molecule has 0 spiro atoms. The van der Waals surface area contributed by atoms with E-state index in [0.29, 0.717) is 24.7 Å². The predicted molar refractivity (Wildman–Crippen MR) is 87.0 cm³/mol. The van der Waals surface area contributed by atoms with Crippen molar-refractivity contribution in [1.82, 2.24) is 4.72 Å². The summed E-state index contributed by atoms with van der Waals surface area (Å²) in [5.74, 6) is -0.516. The van der Waals surface area contributed by atoms with Gasteiger partial charge in [-0.3, -0.25) is 4.79 Å². The third-order valence-electron chi connectivity index (χ3n) is 3.33. The van der Waals surface area contributed by atoms with Crippen LogP contribution in [0.3, 0.4) is 0 Å². The second-order valence-electron chi connectivity index (χ2n) is 5.25. The molecule has 0 unspecified atom stereocenters. The Hall–Kier alpha value is -1.64. The number of carbonyl (C=O) groups excluding carboxylic acids is 1. The molecule has 0 radical (unpaired) electrons. The Labute approximate surface area is 136 Å². The van der Waals surface area contributed by atoms with Gasteiger partial charge >= 0.3 is 0 Å². The SMILES string of the molecule is CCOc1ccc(NC(=O)CS(=O)(=O)NC[C@H]2CCCO2)cc1. The number of anilines is 1. The zero-order valence-electron chi connectivity index (χ0n) is 13.1. The van der Waals surface area contributed by atoms with Gasteiger partial charge in [-0.05, 0) is 44.0 Å². The van der Waals surface area contributed by atoms with Gasteiger partial charge in [-0.15, -0.1) is 0 Å². The Morgan fingerprint density at radius 2 is 2.09 bits per heavy atom. The van der Waals surface area contributed by atoms with Crippen LogP contribution in [-0.2, 0) is 19.6 Å². The van der Waals surface area contributed by atoms with Crippen LogP contribution < -0.4 is 14.8 Å². The van der Waals surface area contributed by atoms with Gasteiger partial charge in [-0.2, -0.15) is 0 Å². The minimum Gasteiger partial charge on any atom is -0.494 e. The Bertz CT molecular complexity index is 609. The fraction of sp³-hybridized carbons (Fsp3) is 0.533. The first-order valence-corrected chi connectivity index (χ1v) is 9.25. The van der Waals surface area contributed by atoms with E-state index in [2.05, 4.69) is 10.0 Å². The van der Waals surface area contributed by atoms with Gasteiger partial charge in [0.1, 0.15) is 11.5 Å². The smallest absolute Gasteiger partial charge is 0.240 e. The van der Waals surface area contributed by atoms with E-state index in [-0.39, 0.29) is 12.6 Å². The lowest BCUT2D eigenvalue weighted by Crippen LogP contribution is -2.37. The summed E-state index contributed by atoms with van der Waals surface area (Å²) in [6, 6.07) is 6.75. The van der Waals surface area contributed by atoms with E-state index >= 15 is 0 Å². The van der Waals surface area contributed by atoms with Crippen LogP contribution in [0.15, 0.2) is 24.3 Å². The van der Waals surface area contributed by atoms with Crippen molar-refractivity contribution >= 4 is 21.6 Å². The first-order chi connectivity index (χ1) is 11.0. The standard InChI is InChI=1S/C15H22N2O5S/c1-2-21-13-7-5-12(6-8-13)17-15(18)11-23(19,20)16-10-14-4-3-9-22-14/h5-8,14,16H,2-4,9-11H2,1H3,(H,17,18)/t14-/m1/s1. The maximum atomic E-state index is 11.9. The second-order valence-corrected chi connectivity index (χ2v) is 7.05. The van der Waals surface area contributed by atoms with Crippen molar-refractivity contribution in [1.29, 1.82) is 0 Å².